The fourth-order valence-electron chi connectivity index (χ4n) is 12.7. The number of benzene rings is 12. The molecule has 0 saturated heterocycles. The summed E-state index contributed by atoms with van der Waals surface area (Å²) >= 11 is 0. The Kier molecular flexibility index (Phi) is 9.63. The van der Waals surface area contributed by atoms with Crippen molar-refractivity contribution in [2.45, 2.75) is 17.8 Å². The van der Waals surface area contributed by atoms with Crippen LogP contribution in [0.15, 0.2) is 279 Å². The lowest BCUT2D eigenvalue weighted by atomic mass is 9.67. The largest absolute Gasteiger partial charge is 0.310 e. The SMILES string of the molecule is CC1(c2ccccc2)c2cc(N(c3ccc(-c4ccc5c(ccc6ccccc65)c4)cc3)c3ccc4c(c3)C(c3ccccc3)(c3ccccc3)c3ccccc3-4)ccc2-c2c(-c3ccccc3)cccc21. The van der Waals surface area contributed by atoms with Gasteiger partial charge in [-0.2, -0.15) is 0 Å². The molecule has 0 aromatic heterocycles. The Morgan fingerprint density at radius 3 is 1.51 bits per heavy atom. The molecule has 0 saturated carbocycles. The average Bonchev–Trinajstić information content (AvgIpc) is 3.90. The van der Waals surface area contributed by atoms with E-state index in [1.54, 1.807) is 0 Å². The lowest BCUT2D eigenvalue weighted by molar-refractivity contribution is 0.714. The third-order valence-electron chi connectivity index (χ3n) is 16.0. The van der Waals surface area contributed by atoms with E-state index < -0.39 is 10.8 Å². The lowest BCUT2D eigenvalue weighted by Crippen LogP contribution is -2.28. The van der Waals surface area contributed by atoms with Crippen molar-refractivity contribution >= 4 is 38.6 Å². The minimum Gasteiger partial charge on any atom is -0.310 e. The molecule has 2 aliphatic rings. The van der Waals surface area contributed by atoms with E-state index in [4.69, 9.17) is 0 Å². The van der Waals surface area contributed by atoms with E-state index in [-0.39, 0.29) is 0 Å². The summed E-state index contributed by atoms with van der Waals surface area (Å²) in [5.74, 6) is 0. The molecule has 1 atom stereocenters. The summed E-state index contributed by atoms with van der Waals surface area (Å²) in [5, 5.41) is 5.06. The topological polar surface area (TPSA) is 3.24 Å². The molecule has 12 aromatic rings. The molecule has 0 radical (unpaired) electrons. The predicted molar refractivity (Wildman–Crippen MR) is 302 cm³/mol. The first-order chi connectivity index (χ1) is 35.6. The van der Waals surface area contributed by atoms with E-state index in [1.165, 1.54) is 105 Å². The van der Waals surface area contributed by atoms with Gasteiger partial charge in [0.15, 0.2) is 0 Å². The normalized spacial score (nSPS) is 14.9. The molecule has 0 aliphatic heterocycles. The van der Waals surface area contributed by atoms with Crippen molar-refractivity contribution in [3.8, 4) is 44.5 Å². The van der Waals surface area contributed by atoms with Crippen LogP contribution in [0, 0.1) is 0 Å². The van der Waals surface area contributed by atoms with Crippen LogP contribution in [-0.2, 0) is 10.8 Å². The molecule has 1 heteroatoms. The zero-order valence-electron chi connectivity index (χ0n) is 40.0. The molecule has 1 nitrogen and oxygen atoms in total. The first kappa shape index (κ1) is 41.9. The number of nitrogens with zero attached hydrogens (tertiary/aromatic N) is 1. The Balaban J connectivity index is 0.990. The third-order valence-corrected chi connectivity index (χ3v) is 16.0. The van der Waals surface area contributed by atoms with Crippen molar-refractivity contribution in [1.82, 2.24) is 0 Å². The van der Waals surface area contributed by atoms with Crippen molar-refractivity contribution in [2.24, 2.45) is 0 Å². The quantitative estimate of drug-likeness (QED) is 0.137. The van der Waals surface area contributed by atoms with Crippen molar-refractivity contribution < 1.29 is 0 Å². The Morgan fingerprint density at radius 1 is 0.278 bits per heavy atom. The molecular weight excluding hydrogens is 867 g/mol. The Hall–Kier alpha value is -9.04. The number of hydrogen-bond acceptors (Lipinski definition) is 1. The van der Waals surface area contributed by atoms with Gasteiger partial charge in [-0.3, -0.25) is 0 Å². The van der Waals surface area contributed by atoms with Crippen molar-refractivity contribution in [2.75, 3.05) is 4.90 Å². The zero-order valence-corrected chi connectivity index (χ0v) is 40.0. The van der Waals surface area contributed by atoms with Crippen LogP contribution >= 0.6 is 0 Å². The molecule has 72 heavy (non-hydrogen) atoms. The van der Waals surface area contributed by atoms with Crippen LogP contribution in [0.3, 0.4) is 0 Å². The maximum atomic E-state index is 2.49. The molecule has 338 valence electrons. The molecule has 0 fully saturated rings. The highest BCUT2D eigenvalue weighted by atomic mass is 15.1. The van der Waals surface area contributed by atoms with E-state index in [9.17, 15) is 0 Å². The van der Waals surface area contributed by atoms with Crippen molar-refractivity contribution in [3.05, 3.63) is 318 Å². The van der Waals surface area contributed by atoms with Gasteiger partial charge in [-0.1, -0.05) is 237 Å². The fourth-order valence-corrected chi connectivity index (χ4v) is 12.7. The molecule has 0 amide bonds. The standard InChI is InChI=1S/C71H49N/c1-70(53-22-8-3-9-23-53)66-32-18-30-61(49-19-6-2-7-20-49)69(66)64-44-41-57(46-67(64)70)72(56-38-35-48(36-39-56)51-37-42-60-52(45-51)34-33-50-21-14-15-28-59(50)60)58-40-43-63-62-29-16-17-31-65(62)71(68(63)47-58,54-24-10-4-11-25-54)55-26-12-5-13-27-55/h2-47H,1H3. The highest BCUT2D eigenvalue weighted by molar-refractivity contribution is 6.08. The van der Waals surface area contributed by atoms with Gasteiger partial charge < -0.3 is 4.90 Å². The molecule has 0 heterocycles. The van der Waals surface area contributed by atoms with Gasteiger partial charge in [-0.25, -0.2) is 0 Å². The summed E-state index contributed by atoms with van der Waals surface area (Å²) in [5.41, 5.74) is 21.3. The van der Waals surface area contributed by atoms with Gasteiger partial charge in [-0.15, -0.1) is 0 Å². The minimum absolute atomic E-state index is 0.418. The predicted octanol–water partition coefficient (Wildman–Crippen LogP) is 18.5. The monoisotopic (exact) mass is 915 g/mol. The van der Waals surface area contributed by atoms with E-state index in [0.717, 1.165) is 17.1 Å². The summed E-state index contributed by atoms with van der Waals surface area (Å²) in [6.45, 7) is 2.43. The smallest absolute Gasteiger partial charge is 0.0714 e. The van der Waals surface area contributed by atoms with E-state index in [0.29, 0.717) is 0 Å². The molecule has 0 N–H and O–H groups in total. The Labute approximate surface area is 421 Å². The zero-order chi connectivity index (χ0) is 47.8. The Bertz CT molecular complexity index is 3990. The highest BCUT2D eigenvalue weighted by Crippen LogP contribution is 2.59. The number of fused-ring (bicyclic) bond motifs is 9. The van der Waals surface area contributed by atoms with Gasteiger partial charge >= 0.3 is 0 Å². The second-order valence-electron chi connectivity index (χ2n) is 19.7. The molecular formula is C71H49N. The van der Waals surface area contributed by atoms with Crippen molar-refractivity contribution in [3.63, 3.8) is 0 Å². The van der Waals surface area contributed by atoms with Crippen LogP contribution < -0.4 is 4.90 Å². The van der Waals surface area contributed by atoms with Crippen LogP contribution in [0.2, 0.25) is 0 Å². The first-order valence-corrected chi connectivity index (χ1v) is 25.2. The number of hydrogen-bond donors (Lipinski definition) is 0. The summed E-state index contributed by atoms with van der Waals surface area (Å²) in [7, 11) is 0. The van der Waals surface area contributed by atoms with Crippen LogP contribution in [0.25, 0.3) is 66.1 Å². The Morgan fingerprint density at radius 2 is 0.792 bits per heavy atom. The van der Waals surface area contributed by atoms with E-state index in [1.807, 2.05) is 0 Å². The number of anilines is 3. The van der Waals surface area contributed by atoms with Crippen LogP contribution in [-0.4, -0.2) is 0 Å². The van der Waals surface area contributed by atoms with Gasteiger partial charge in [0.25, 0.3) is 0 Å². The summed E-state index contributed by atoms with van der Waals surface area (Å²) in [6.07, 6.45) is 0. The maximum Gasteiger partial charge on any atom is 0.0714 e. The van der Waals surface area contributed by atoms with E-state index in [2.05, 4.69) is 291 Å². The highest BCUT2D eigenvalue weighted by Gasteiger charge is 2.47. The van der Waals surface area contributed by atoms with Gasteiger partial charge in [0.05, 0.1) is 5.41 Å². The van der Waals surface area contributed by atoms with Crippen molar-refractivity contribution in [1.29, 1.82) is 0 Å². The fraction of sp³-hybridized carbons (Fsp3) is 0.0423. The van der Waals surface area contributed by atoms with Crippen LogP contribution in [0.4, 0.5) is 17.1 Å². The molecule has 2 aliphatic carbocycles. The minimum atomic E-state index is -0.541. The van der Waals surface area contributed by atoms with E-state index >= 15 is 0 Å². The summed E-state index contributed by atoms with van der Waals surface area (Å²) in [4.78, 5) is 2.49. The van der Waals surface area contributed by atoms with Crippen LogP contribution in [0.5, 0.6) is 0 Å². The molecule has 12 aromatic carbocycles. The molecule has 1 unspecified atom stereocenters. The number of rotatable bonds is 8. The average molecular weight is 916 g/mol. The van der Waals surface area contributed by atoms with Crippen LogP contribution in [0.1, 0.15) is 45.9 Å². The first-order valence-electron chi connectivity index (χ1n) is 25.2. The maximum absolute atomic E-state index is 2.49. The second-order valence-corrected chi connectivity index (χ2v) is 19.7. The summed E-state index contributed by atoms with van der Waals surface area (Å²) < 4.78 is 0. The van der Waals surface area contributed by atoms with Gasteiger partial charge in [0, 0.05) is 22.5 Å². The summed E-state index contributed by atoms with van der Waals surface area (Å²) in [6, 6.07) is 104. The molecule has 0 spiro atoms. The van der Waals surface area contributed by atoms with Gasteiger partial charge in [-0.05, 0) is 154 Å². The van der Waals surface area contributed by atoms with Gasteiger partial charge in [0.2, 0.25) is 0 Å². The van der Waals surface area contributed by atoms with Gasteiger partial charge in [0.1, 0.15) is 0 Å². The molecule has 0 bridgehead atoms. The second kappa shape index (κ2) is 16.5. The third kappa shape index (κ3) is 6.27. The molecule has 14 rings (SSSR count). The lowest BCUT2D eigenvalue weighted by Gasteiger charge is -2.35.